The number of aliphatic carboxylic acids is 1. The summed E-state index contributed by atoms with van der Waals surface area (Å²) in [6.45, 7) is 0. The van der Waals surface area contributed by atoms with Gasteiger partial charge in [0, 0.05) is 22.8 Å². The molecule has 1 aliphatic heterocycles. The maximum atomic E-state index is 12.1. The van der Waals surface area contributed by atoms with Crippen LogP contribution in [0.15, 0.2) is 60.9 Å². The second kappa shape index (κ2) is 7.61. The molecule has 1 aliphatic rings. The number of fused-ring (bicyclic) bond motifs is 1. The Hall–Kier alpha value is -2.90. The first kappa shape index (κ1) is 18.5. The summed E-state index contributed by atoms with van der Waals surface area (Å²) < 4.78 is 0. The van der Waals surface area contributed by atoms with Gasteiger partial charge in [0.05, 0.1) is 12.0 Å². The average Bonchev–Trinajstić information content (AvgIpc) is 3.17. The summed E-state index contributed by atoms with van der Waals surface area (Å²) in [5, 5.41) is 14.0. The van der Waals surface area contributed by atoms with Crippen molar-refractivity contribution in [3.8, 4) is 0 Å². The highest BCUT2D eigenvalue weighted by atomic mass is 35.5. The third kappa shape index (κ3) is 3.46. The minimum absolute atomic E-state index is 0.288. The van der Waals surface area contributed by atoms with Crippen LogP contribution in [-0.4, -0.2) is 37.1 Å². The van der Waals surface area contributed by atoms with Gasteiger partial charge in [-0.1, -0.05) is 41.9 Å². The molecule has 28 heavy (non-hydrogen) atoms. The number of imidazole rings is 1. The summed E-state index contributed by atoms with van der Waals surface area (Å²) in [5.74, 6) is -0.943. The van der Waals surface area contributed by atoms with E-state index in [2.05, 4.69) is 15.3 Å². The fraction of sp³-hybridized carbons (Fsp3) is 0.150. The maximum Gasteiger partial charge on any atom is 0.326 e. The lowest BCUT2D eigenvalue weighted by Crippen LogP contribution is -2.53. The van der Waals surface area contributed by atoms with Gasteiger partial charge in [-0.15, -0.1) is 0 Å². The van der Waals surface area contributed by atoms with Crippen molar-refractivity contribution in [2.45, 2.75) is 18.5 Å². The van der Waals surface area contributed by atoms with E-state index >= 15 is 0 Å². The van der Waals surface area contributed by atoms with Crippen LogP contribution in [0.3, 0.4) is 0 Å². The van der Waals surface area contributed by atoms with Crippen LogP contribution in [0.2, 0.25) is 5.02 Å². The van der Waals surface area contributed by atoms with Gasteiger partial charge < -0.3 is 20.3 Å². The van der Waals surface area contributed by atoms with Crippen LogP contribution in [0.25, 0.3) is 0 Å². The highest BCUT2D eigenvalue weighted by Crippen LogP contribution is 2.37. The Morgan fingerprint density at radius 2 is 1.93 bits per heavy atom. The van der Waals surface area contributed by atoms with E-state index in [1.807, 2.05) is 30.3 Å². The molecular formula is C20H17ClN4O2S. The van der Waals surface area contributed by atoms with E-state index in [0.717, 1.165) is 22.6 Å². The third-order valence-corrected chi connectivity index (χ3v) is 5.32. The number of carboxylic acids is 1. The molecular weight excluding hydrogens is 396 g/mol. The number of carboxylic acid groups (broad SMARTS) is 1. The van der Waals surface area contributed by atoms with E-state index < -0.39 is 18.1 Å². The molecule has 2 heterocycles. The maximum absolute atomic E-state index is 12.1. The first-order valence-corrected chi connectivity index (χ1v) is 9.48. The monoisotopic (exact) mass is 412 g/mol. The van der Waals surface area contributed by atoms with Crippen molar-refractivity contribution in [1.82, 2.24) is 14.9 Å². The van der Waals surface area contributed by atoms with Gasteiger partial charge in [-0.05, 0) is 42.0 Å². The fourth-order valence-electron chi connectivity index (χ4n) is 3.47. The molecule has 0 spiro atoms. The van der Waals surface area contributed by atoms with Crippen molar-refractivity contribution >= 4 is 40.6 Å². The zero-order valence-corrected chi connectivity index (χ0v) is 16.2. The number of benzene rings is 2. The van der Waals surface area contributed by atoms with Gasteiger partial charge in [-0.3, -0.25) is 0 Å². The summed E-state index contributed by atoms with van der Waals surface area (Å²) in [6, 6.07) is 15.5. The van der Waals surface area contributed by atoms with Gasteiger partial charge in [0.1, 0.15) is 12.1 Å². The molecule has 0 saturated heterocycles. The molecule has 0 fully saturated rings. The highest BCUT2D eigenvalue weighted by molar-refractivity contribution is 7.80. The summed E-state index contributed by atoms with van der Waals surface area (Å²) in [5.41, 5.74) is 3.25. The largest absolute Gasteiger partial charge is 0.480 e. The smallest absolute Gasteiger partial charge is 0.326 e. The number of aromatic amines is 1. The molecule has 2 aromatic carbocycles. The molecule has 0 saturated carbocycles. The van der Waals surface area contributed by atoms with Crippen molar-refractivity contribution in [1.29, 1.82) is 0 Å². The summed E-state index contributed by atoms with van der Waals surface area (Å²) in [4.78, 5) is 21.3. The van der Waals surface area contributed by atoms with E-state index in [4.69, 9.17) is 23.8 Å². The molecule has 1 aromatic heterocycles. The molecule has 0 unspecified atom stereocenters. The van der Waals surface area contributed by atoms with Gasteiger partial charge in [0.2, 0.25) is 0 Å². The predicted octanol–water partition coefficient (Wildman–Crippen LogP) is 3.86. The minimum Gasteiger partial charge on any atom is -0.480 e. The molecule has 0 aliphatic carbocycles. The Bertz CT molecular complexity index is 1010. The third-order valence-electron chi connectivity index (χ3n) is 4.75. The molecule has 142 valence electrons. The molecule has 4 rings (SSSR count). The van der Waals surface area contributed by atoms with Gasteiger partial charge in [0.15, 0.2) is 5.11 Å². The van der Waals surface area contributed by atoms with Crippen molar-refractivity contribution in [3.63, 3.8) is 0 Å². The van der Waals surface area contributed by atoms with Gasteiger partial charge >= 0.3 is 5.97 Å². The first-order valence-electron chi connectivity index (χ1n) is 8.69. The Labute approximate surface area is 172 Å². The van der Waals surface area contributed by atoms with Crippen molar-refractivity contribution < 1.29 is 9.90 Å². The van der Waals surface area contributed by atoms with E-state index in [1.165, 1.54) is 0 Å². The number of rotatable bonds is 3. The first-order chi connectivity index (χ1) is 13.5. The molecule has 8 heteroatoms. The van der Waals surface area contributed by atoms with Crippen LogP contribution in [0.1, 0.15) is 23.0 Å². The molecule has 3 N–H and O–H groups in total. The SMILES string of the molecule is O=C(O)[C@@H]1Cc2[nH]cnc2[C@H](c2ccccc2)N1C(=S)Nc1ccc(Cl)cc1. The number of hydrogen-bond acceptors (Lipinski definition) is 3. The van der Waals surface area contributed by atoms with Crippen LogP contribution >= 0.6 is 23.8 Å². The lowest BCUT2D eigenvalue weighted by molar-refractivity contribution is -0.142. The van der Waals surface area contributed by atoms with Crippen LogP contribution in [0, 0.1) is 0 Å². The lowest BCUT2D eigenvalue weighted by atomic mass is 9.91. The topological polar surface area (TPSA) is 81.2 Å². The number of halogens is 1. The number of thiocarbonyl (C=S) groups is 1. The number of H-pyrrole nitrogens is 1. The standard InChI is InChI=1S/C20H17ClN4O2S/c21-13-6-8-14(9-7-13)24-20(28)25-16(19(26)27)10-15-17(23-11-22-15)18(25)12-4-2-1-3-5-12/h1-9,11,16,18H,10H2,(H,22,23)(H,24,28)(H,26,27)/t16-,18-/m0/s1. The second-order valence-electron chi connectivity index (χ2n) is 6.48. The van der Waals surface area contributed by atoms with Crippen LogP contribution in [0.5, 0.6) is 0 Å². The number of hydrogen-bond donors (Lipinski definition) is 3. The van der Waals surface area contributed by atoms with Crippen LogP contribution < -0.4 is 5.32 Å². The zero-order valence-electron chi connectivity index (χ0n) is 14.7. The molecule has 2 atom stereocenters. The van der Waals surface area contributed by atoms with Crippen molar-refractivity contribution in [2.24, 2.45) is 0 Å². The minimum atomic E-state index is -0.943. The summed E-state index contributed by atoms with van der Waals surface area (Å²) >= 11 is 11.6. The Morgan fingerprint density at radius 1 is 1.21 bits per heavy atom. The van der Waals surface area contributed by atoms with Crippen LogP contribution in [0.4, 0.5) is 5.69 Å². The number of nitrogens with zero attached hydrogens (tertiary/aromatic N) is 2. The molecule has 0 amide bonds. The molecule has 3 aromatic rings. The quantitative estimate of drug-likeness (QED) is 0.567. The molecule has 6 nitrogen and oxygen atoms in total. The van der Waals surface area contributed by atoms with E-state index in [1.54, 1.807) is 35.5 Å². The summed E-state index contributed by atoms with van der Waals surface area (Å²) in [6.07, 6.45) is 1.88. The van der Waals surface area contributed by atoms with Gasteiger partial charge in [-0.25, -0.2) is 9.78 Å². The summed E-state index contributed by atoms with van der Waals surface area (Å²) in [7, 11) is 0. The van der Waals surface area contributed by atoms with Gasteiger partial charge in [-0.2, -0.15) is 0 Å². The van der Waals surface area contributed by atoms with Gasteiger partial charge in [0.25, 0.3) is 0 Å². The Balaban J connectivity index is 1.76. The van der Waals surface area contributed by atoms with Crippen molar-refractivity contribution in [2.75, 3.05) is 5.32 Å². The highest BCUT2D eigenvalue weighted by Gasteiger charge is 2.42. The van der Waals surface area contributed by atoms with Crippen LogP contribution in [-0.2, 0) is 11.2 Å². The number of anilines is 1. The fourth-order valence-corrected chi connectivity index (χ4v) is 3.95. The van der Waals surface area contributed by atoms with E-state index in [0.29, 0.717) is 10.1 Å². The second-order valence-corrected chi connectivity index (χ2v) is 7.31. The van der Waals surface area contributed by atoms with E-state index in [9.17, 15) is 9.90 Å². The number of aromatic nitrogens is 2. The van der Waals surface area contributed by atoms with Crippen molar-refractivity contribution in [3.05, 3.63) is 82.9 Å². The average molecular weight is 413 g/mol. The molecule has 0 bridgehead atoms. The molecule has 0 radical (unpaired) electrons. The van der Waals surface area contributed by atoms with E-state index in [-0.39, 0.29) is 6.42 Å². The normalized spacial score (nSPS) is 18.4. The zero-order chi connectivity index (χ0) is 19.7. The Kier molecular flexibility index (Phi) is 5.02. The Morgan fingerprint density at radius 3 is 2.61 bits per heavy atom. The number of carbonyl (C=O) groups is 1. The predicted molar refractivity (Wildman–Crippen MR) is 112 cm³/mol. The lowest BCUT2D eigenvalue weighted by Gasteiger charge is -2.41. The number of nitrogens with one attached hydrogen (secondary N) is 2.